The van der Waals surface area contributed by atoms with Crippen LogP contribution in [0.1, 0.15) is 48.0 Å². The summed E-state index contributed by atoms with van der Waals surface area (Å²) in [4.78, 5) is 42.0. The molecule has 1 aliphatic rings. The van der Waals surface area contributed by atoms with Gasteiger partial charge in [0.2, 0.25) is 0 Å². The van der Waals surface area contributed by atoms with Crippen molar-refractivity contribution in [1.29, 1.82) is 0 Å². The molecule has 1 aliphatic heterocycles. The molecule has 1 amide bonds. The molecule has 180 valence electrons. The molecule has 3 N–H and O–H groups in total. The van der Waals surface area contributed by atoms with E-state index in [1.165, 1.54) is 6.07 Å². The Morgan fingerprint density at radius 2 is 1.94 bits per heavy atom. The molecule has 4 aromatic rings. The van der Waals surface area contributed by atoms with Crippen molar-refractivity contribution < 1.29 is 19.1 Å². The number of thiophene rings is 1. The molecule has 0 fully saturated rings. The highest BCUT2D eigenvalue weighted by Crippen LogP contribution is 2.43. The lowest BCUT2D eigenvalue weighted by atomic mass is 9.93. The van der Waals surface area contributed by atoms with E-state index in [0.29, 0.717) is 53.9 Å². The predicted molar refractivity (Wildman–Crippen MR) is 140 cm³/mol. The molecule has 8 heteroatoms. The topological polar surface area (TPSA) is 111 Å². The lowest BCUT2D eigenvalue weighted by Gasteiger charge is -2.17. The number of aryl methyl sites for hydroxylation is 1. The van der Waals surface area contributed by atoms with E-state index in [-0.39, 0.29) is 17.3 Å². The summed E-state index contributed by atoms with van der Waals surface area (Å²) in [6.07, 6.45) is 1.92. The maximum Gasteiger partial charge on any atom is 0.256 e. The number of carbonyl (C=O) groups excluding carboxylic acids is 3. The van der Waals surface area contributed by atoms with E-state index in [0.717, 1.165) is 33.6 Å². The zero-order valence-electron chi connectivity index (χ0n) is 19.5. The molecule has 2 aromatic carbocycles. The number of benzene rings is 2. The van der Waals surface area contributed by atoms with Gasteiger partial charge in [0.1, 0.15) is 17.1 Å². The van der Waals surface area contributed by atoms with Gasteiger partial charge in [-0.3, -0.25) is 14.4 Å². The molecule has 7 nitrogen and oxygen atoms in total. The van der Waals surface area contributed by atoms with Crippen LogP contribution in [0.3, 0.4) is 0 Å². The summed E-state index contributed by atoms with van der Waals surface area (Å²) in [5.41, 5.74) is 11.8. The maximum atomic E-state index is 13.7. The Bertz CT molecular complexity index is 1510. The fraction of sp³-hybridized carbons (Fsp3) is 0.143. The number of ether oxygens (including phenoxy) is 1. The second-order valence-electron chi connectivity index (χ2n) is 8.48. The molecule has 0 radical (unpaired) electrons. The van der Waals surface area contributed by atoms with E-state index in [4.69, 9.17) is 10.5 Å². The third-order valence-corrected chi connectivity index (χ3v) is 7.22. The molecular formula is C28H23N3O4S. The number of fused-ring (bicyclic) bond motifs is 3. The van der Waals surface area contributed by atoms with Crippen molar-refractivity contribution in [2.45, 2.75) is 19.9 Å². The molecular weight excluding hydrogens is 474 g/mol. The van der Waals surface area contributed by atoms with E-state index < -0.39 is 0 Å². The first kappa shape index (κ1) is 23.6. The Morgan fingerprint density at radius 1 is 1.08 bits per heavy atom. The van der Waals surface area contributed by atoms with Gasteiger partial charge in [0.25, 0.3) is 5.91 Å². The van der Waals surface area contributed by atoms with Gasteiger partial charge in [-0.15, -0.1) is 11.3 Å². The van der Waals surface area contributed by atoms with Crippen LogP contribution in [0.4, 0.5) is 5.69 Å². The van der Waals surface area contributed by atoms with Gasteiger partial charge in [0, 0.05) is 45.8 Å². The first-order valence-electron chi connectivity index (χ1n) is 11.4. The minimum Gasteiger partial charge on any atom is -0.493 e. The number of aromatic nitrogens is 1. The number of anilines is 1. The lowest BCUT2D eigenvalue weighted by Crippen LogP contribution is -2.15. The summed E-state index contributed by atoms with van der Waals surface area (Å²) >= 11 is 1.60. The standard InChI is InChI=1S/C28H23N3O4S/c1-16-10-17(13-29)2-5-24(16)31-28(34)22-11-23-26(35-8-6-18-7-9-36-27(18)23)12-21(22)20-4-3-19(14-32)30-25(20)15-33/h2-5,7,9-12,14-15H,6,8,13,29H2,1H3,(H,31,34). The normalized spacial score (nSPS) is 12.1. The zero-order valence-corrected chi connectivity index (χ0v) is 20.4. The van der Waals surface area contributed by atoms with Gasteiger partial charge in [-0.2, -0.15) is 0 Å². The fourth-order valence-corrected chi connectivity index (χ4v) is 5.36. The van der Waals surface area contributed by atoms with Crippen molar-refractivity contribution in [2.75, 3.05) is 11.9 Å². The molecule has 36 heavy (non-hydrogen) atoms. The molecule has 5 rings (SSSR count). The van der Waals surface area contributed by atoms with E-state index in [1.54, 1.807) is 23.5 Å². The van der Waals surface area contributed by atoms with Crippen molar-refractivity contribution in [2.24, 2.45) is 5.73 Å². The molecule has 0 saturated carbocycles. The second-order valence-corrected chi connectivity index (χ2v) is 9.40. The molecule has 0 atom stereocenters. The van der Waals surface area contributed by atoms with E-state index >= 15 is 0 Å². The molecule has 0 aliphatic carbocycles. The van der Waals surface area contributed by atoms with Gasteiger partial charge in [0.05, 0.1) is 6.61 Å². The molecule has 0 saturated heterocycles. The lowest BCUT2D eigenvalue weighted by molar-refractivity contribution is 0.102. The minimum absolute atomic E-state index is 0.0718. The second kappa shape index (κ2) is 9.85. The van der Waals surface area contributed by atoms with Gasteiger partial charge in [0.15, 0.2) is 12.6 Å². The highest BCUT2D eigenvalue weighted by molar-refractivity contribution is 7.13. The Kier molecular flexibility index (Phi) is 6.45. The number of pyridine rings is 1. The van der Waals surface area contributed by atoms with Gasteiger partial charge in [-0.1, -0.05) is 12.1 Å². The summed E-state index contributed by atoms with van der Waals surface area (Å²) in [5.74, 6) is 0.289. The van der Waals surface area contributed by atoms with Crippen LogP contribution >= 0.6 is 11.3 Å². The highest BCUT2D eigenvalue weighted by Gasteiger charge is 2.24. The Balaban J connectivity index is 1.68. The van der Waals surface area contributed by atoms with Crippen LogP contribution in [0.15, 0.2) is 53.9 Å². The summed E-state index contributed by atoms with van der Waals surface area (Å²) in [6.45, 7) is 2.81. The van der Waals surface area contributed by atoms with Crippen LogP contribution in [0.2, 0.25) is 0 Å². The third-order valence-electron chi connectivity index (χ3n) is 6.23. The first-order chi connectivity index (χ1) is 17.5. The number of hydrogen-bond acceptors (Lipinski definition) is 7. The van der Waals surface area contributed by atoms with Crippen molar-refractivity contribution in [3.8, 4) is 27.3 Å². The van der Waals surface area contributed by atoms with Crippen molar-refractivity contribution in [3.05, 3.63) is 87.6 Å². The third kappa shape index (κ3) is 4.32. The number of hydrogen-bond donors (Lipinski definition) is 2. The van der Waals surface area contributed by atoms with E-state index in [2.05, 4.69) is 16.4 Å². The molecule has 0 unspecified atom stereocenters. The van der Waals surface area contributed by atoms with Crippen LogP contribution in [0.5, 0.6) is 5.75 Å². The van der Waals surface area contributed by atoms with E-state index in [9.17, 15) is 14.4 Å². The summed E-state index contributed by atoms with van der Waals surface area (Å²) in [5, 5.41) is 5.04. The van der Waals surface area contributed by atoms with Crippen molar-refractivity contribution >= 4 is 35.5 Å². The average molecular weight is 498 g/mol. The molecule has 0 bridgehead atoms. The van der Waals surface area contributed by atoms with Crippen molar-refractivity contribution in [1.82, 2.24) is 4.98 Å². The maximum absolute atomic E-state index is 13.7. The summed E-state index contributed by atoms with van der Waals surface area (Å²) < 4.78 is 6.07. The number of nitrogens with zero attached hydrogens (tertiary/aromatic N) is 1. The van der Waals surface area contributed by atoms with Crippen LogP contribution in [-0.4, -0.2) is 30.1 Å². The monoisotopic (exact) mass is 497 g/mol. The number of rotatable bonds is 6. The number of nitrogens with one attached hydrogen (secondary N) is 1. The molecule has 2 aromatic heterocycles. The van der Waals surface area contributed by atoms with E-state index in [1.807, 2.05) is 36.6 Å². The molecule has 3 heterocycles. The first-order valence-corrected chi connectivity index (χ1v) is 12.3. The van der Waals surface area contributed by atoms with Gasteiger partial charge >= 0.3 is 0 Å². The SMILES string of the molecule is Cc1cc(CN)ccc1NC(=O)c1cc2c(cc1-c1ccc(C=O)nc1C=O)OCCc1ccsc1-2. The fourth-order valence-electron chi connectivity index (χ4n) is 4.38. The number of nitrogens with two attached hydrogens (primary N) is 1. The largest absolute Gasteiger partial charge is 0.493 e. The van der Waals surface area contributed by atoms with Gasteiger partial charge < -0.3 is 15.8 Å². The minimum atomic E-state index is -0.338. The Morgan fingerprint density at radius 3 is 2.69 bits per heavy atom. The quantitative estimate of drug-likeness (QED) is 0.360. The van der Waals surface area contributed by atoms with Crippen LogP contribution in [0.25, 0.3) is 21.6 Å². The number of aldehydes is 2. The summed E-state index contributed by atoms with van der Waals surface area (Å²) in [6, 6.07) is 14.5. The number of amides is 1. The average Bonchev–Trinajstić information content (AvgIpc) is 3.30. The number of carbonyl (C=O) groups is 3. The smallest absolute Gasteiger partial charge is 0.256 e. The Labute approximate surface area is 211 Å². The zero-order chi connectivity index (χ0) is 25.2. The Hall–Kier alpha value is -4.14. The predicted octanol–water partition coefficient (Wildman–Crippen LogP) is 5.06. The van der Waals surface area contributed by atoms with Crippen LogP contribution in [-0.2, 0) is 13.0 Å². The van der Waals surface area contributed by atoms with Gasteiger partial charge in [-0.25, -0.2) is 4.98 Å². The summed E-state index contributed by atoms with van der Waals surface area (Å²) in [7, 11) is 0. The van der Waals surface area contributed by atoms with Gasteiger partial charge in [-0.05, 0) is 65.4 Å². The van der Waals surface area contributed by atoms with Crippen molar-refractivity contribution in [3.63, 3.8) is 0 Å². The van der Waals surface area contributed by atoms with Crippen LogP contribution < -0.4 is 15.8 Å². The molecule has 0 spiro atoms. The van der Waals surface area contributed by atoms with Crippen LogP contribution in [0, 0.1) is 6.92 Å². The highest BCUT2D eigenvalue weighted by atomic mass is 32.1.